The van der Waals surface area contributed by atoms with Crippen LogP contribution in [0.5, 0.6) is 0 Å². The van der Waals surface area contributed by atoms with Gasteiger partial charge in [-0.3, -0.25) is 9.69 Å². The molecule has 2 aliphatic heterocycles. The number of hydrogen-bond donors (Lipinski definition) is 1. The first kappa shape index (κ1) is 24.0. The maximum Gasteiger partial charge on any atom is 0.219 e. The first-order valence-corrected chi connectivity index (χ1v) is 11.8. The molecule has 0 aliphatic carbocycles. The Kier molecular flexibility index (Phi) is 6.48. The summed E-state index contributed by atoms with van der Waals surface area (Å²) in [7, 11) is 0. The highest BCUT2D eigenvalue weighted by molar-refractivity contribution is 5.74. The van der Waals surface area contributed by atoms with Crippen LogP contribution >= 0.6 is 0 Å². The highest BCUT2D eigenvalue weighted by Gasteiger charge is 2.28. The van der Waals surface area contributed by atoms with Crippen LogP contribution in [-0.4, -0.2) is 63.4 Å². The summed E-state index contributed by atoms with van der Waals surface area (Å²) < 4.78 is 41.5. The van der Waals surface area contributed by atoms with Crippen molar-refractivity contribution in [2.45, 2.75) is 26.4 Å². The molecule has 36 heavy (non-hydrogen) atoms. The van der Waals surface area contributed by atoms with Gasteiger partial charge in [-0.15, -0.1) is 0 Å². The van der Waals surface area contributed by atoms with Gasteiger partial charge >= 0.3 is 0 Å². The van der Waals surface area contributed by atoms with Crippen LogP contribution in [-0.2, 0) is 24.3 Å². The van der Waals surface area contributed by atoms with Crippen LogP contribution in [0, 0.1) is 17.5 Å². The first-order valence-electron chi connectivity index (χ1n) is 11.8. The van der Waals surface area contributed by atoms with E-state index in [4.69, 9.17) is 15.7 Å². The second-order valence-corrected chi connectivity index (χ2v) is 9.04. The van der Waals surface area contributed by atoms with Crippen molar-refractivity contribution in [1.82, 2.24) is 24.8 Å². The number of carbonyl (C=O) groups is 1. The lowest BCUT2D eigenvalue weighted by atomic mass is 10.1. The molecule has 4 heterocycles. The molecule has 2 aliphatic rings. The van der Waals surface area contributed by atoms with Crippen LogP contribution in [0.2, 0.25) is 0 Å². The summed E-state index contributed by atoms with van der Waals surface area (Å²) >= 11 is 0. The van der Waals surface area contributed by atoms with Crippen molar-refractivity contribution in [1.29, 1.82) is 0 Å². The SMILES string of the molecule is CC(=O)N1CCc2nc(N3CCN(Cc4cc(F)ccc4F)CC3)c(-c3ccc(F)c(N)n3)nc2C1. The fourth-order valence-corrected chi connectivity index (χ4v) is 4.60. The minimum absolute atomic E-state index is 0.0388. The zero-order valence-corrected chi connectivity index (χ0v) is 19.8. The van der Waals surface area contributed by atoms with Crippen molar-refractivity contribution in [3.8, 4) is 11.4 Å². The number of pyridine rings is 1. The summed E-state index contributed by atoms with van der Waals surface area (Å²) in [5, 5.41) is 0. The normalized spacial score (nSPS) is 16.2. The largest absolute Gasteiger partial charge is 0.381 e. The number of halogens is 3. The molecule has 0 spiro atoms. The number of aromatic nitrogens is 3. The van der Waals surface area contributed by atoms with Crippen molar-refractivity contribution in [3.05, 3.63) is 64.7 Å². The Morgan fingerprint density at radius 2 is 1.69 bits per heavy atom. The number of benzene rings is 1. The lowest BCUT2D eigenvalue weighted by Gasteiger charge is -2.37. The fourth-order valence-electron chi connectivity index (χ4n) is 4.60. The molecule has 1 saturated heterocycles. The third-order valence-corrected chi connectivity index (χ3v) is 6.63. The summed E-state index contributed by atoms with van der Waals surface area (Å²) in [5.74, 6) is -1.17. The maximum atomic E-state index is 14.1. The first-order chi connectivity index (χ1) is 17.3. The van der Waals surface area contributed by atoms with Crippen molar-refractivity contribution < 1.29 is 18.0 Å². The lowest BCUT2D eigenvalue weighted by molar-refractivity contribution is -0.129. The van der Waals surface area contributed by atoms with Gasteiger partial charge in [-0.25, -0.2) is 28.1 Å². The van der Waals surface area contributed by atoms with Crippen molar-refractivity contribution in [2.75, 3.05) is 43.4 Å². The predicted octanol–water partition coefficient (Wildman–Crippen LogP) is 2.76. The number of carbonyl (C=O) groups excluding carboxylic acids is 1. The van der Waals surface area contributed by atoms with Crippen molar-refractivity contribution >= 4 is 17.5 Å². The summed E-state index contributed by atoms with van der Waals surface area (Å²) in [6.45, 7) is 5.08. The summed E-state index contributed by atoms with van der Waals surface area (Å²) in [6.07, 6.45) is 0.576. The number of piperazine rings is 1. The molecule has 0 saturated carbocycles. The van der Waals surface area contributed by atoms with E-state index in [0.29, 0.717) is 80.7 Å². The number of nitrogens with zero attached hydrogens (tertiary/aromatic N) is 6. The smallest absolute Gasteiger partial charge is 0.219 e. The van der Waals surface area contributed by atoms with Gasteiger partial charge in [0.15, 0.2) is 17.5 Å². The molecular weight excluding hydrogens is 471 g/mol. The predicted molar refractivity (Wildman–Crippen MR) is 128 cm³/mol. The van der Waals surface area contributed by atoms with Gasteiger partial charge in [0, 0.05) is 58.2 Å². The maximum absolute atomic E-state index is 14.1. The highest BCUT2D eigenvalue weighted by Crippen LogP contribution is 2.31. The number of amides is 1. The fraction of sp³-hybridized carbons (Fsp3) is 0.360. The van der Waals surface area contributed by atoms with E-state index in [-0.39, 0.29) is 11.7 Å². The van der Waals surface area contributed by atoms with Crippen LogP contribution in [0.3, 0.4) is 0 Å². The van der Waals surface area contributed by atoms with Crippen molar-refractivity contribution in [2.24, 2.45) is 0 Å². The monoisotopic (exact) mass is 497 g/mol. The zero-order chi connectivity index (χ0) is 25.4. The Morgan fingerprint density at radius 1 is 0.944 bits per heavy atom. The van der Waals surface area contributed by atoms with E-state index in [9.17, 15) is 18.0 Å². The van der Waals surface area contributed by atoms with Crippen LogP contribution < -0.4 is 10.6 Å². The van der Waals surface area contributed by atoms with Crippen LogP contribution in [0.4, 0.5) is 24.8 Å². The molecule has 3 aromatic rings. The van der Waals surface area contributed by atoms with Gasteiger partial charge in [0.2, 0.25) is 5.91 Å². The molecule has 1 fully saturated rings. The molecule has 2 aromatic heterocycles. The van der Waals surface area contributed by atoms with E-state index in [0.717, 1.165) is 17.8 Å². The van der Waals surface area contributed by atoms with Gasteiger partial charge in [-0.05, 0) is 30.3 Å². The van der Waals surface area contributed by atoms with E-state index in [2.05, 4.69) is 14.8 Å². The summed E-state index contributed by atoms with van der Waals surface area (Å²) in [5.41, 5.74) is 8.41. The van der Waals surface area contributed by atoms with Gasteiger partial charge in [0.25, 0.3) is 0 Å². The number of fused-ring (bicyclic) bond motifs is 1. The molecule has 5 rings (SSSR count). The second-order valence-electron chi connectivity index (χ2n) is 9.04. The molecule has 0 bridgehead atoms. The van der Waals surface area contributed by atoms with Gasteiger partial charge < -0.3 is 15.5 Å². The topological polar surface area (TPSA) is 91.5 Å². The average molecular weight is 498 g/mol. The molecule has 0 unspecified atom stereocenters. The van der Waals surface area contributed by atoms with E-state index < -0.39 is 17.5 Å². The number of nitrogens with two attached hydrogens (primary N) is 1. The Hall–Kier alpha value is -3.73. The highest BCUT2D eigenvalue weighted by atomic mass is 19.1. The molecular formula is C25H26F3N7O. The van der Waals surface area contributed by atoms with Gasteiger partial charge in [-0.1, -0.05) is 0 Å². The Morgan fingerprint density at radius 3 is 2.42 bits per heavy atom. The Balaban J connectivity index is 1.42. The molecule has 0 atom stereocenters. The molecule has 1 amide bonds. The van der Waals surface area contributed by atoms with Crippen LogP contribution in [0.15, 0.2) is 30.3 Å². The third kappa shape index (κ3) is 4.83. The standard InChI is InChI=1S/C25H26F3N7O/c1-15(36)35-7-6-20-22(14-35)30-23(21-5-4-19(28)24(29)31-21)25(32-20)34-10-8-33(9-11-34)13-16-12-17(26)2-3-18(16)27/h2-5,12H,6-11,13-14H2,1H3,(H2,29,31). The third-order valence-electron chi connectivity index (χ3n) is 6.63. The van der Waals surface area contributed by atoms with E-state index in [1.165, 1.54) is 25.1 Å². The zero-order valence-electron chi connectivity index (χ0n) is 19.8. The van der Waals surface area contributed by atoms with Gasteiger partial charge in [-0.2, -0.15) is 0 Å². The number of rotatable bonds is 4. The number of hydrogen-bond acceptors (Lipinski definition) is 7. The van der Waals surface area contributed by atoms with E-state index in [1.54, 1.807) is 4.90 Å². The Bertz CT molecular complexity index is 1310. The minimum atomic E-state index is -0.618. The number of nitrogen functional groups attached to an aromatic ring is 1. The molecule has 1 aromatic carbocycles. The second kappa shape index (κ2) is 9.73. The molecule has 188 valence electrons. The molecule has 2 N–H and O–H groups in total. The summed E-state index contributed by atoms with van der Waals surface area (Å²) in [6, 6.07) is 6.24. The van der Waals surface area contributed by atoms with E-state index in [1.807, 2.05) is 0 Å². The molecule has 0 radical (unpaired) electrons. The molecule has 11 heteroatoms. The summed E-state index contributed by atoms with van der Waals surface area (Å²) in [4.78, 5) is 31.7. The average Bonchev–Trinajstić information content (AvgIpc) is 2.87. The number of anilines is 2. The van der Waals surface area contributed by atoms with Gasteiger partial charge in [0.1, 0.15) is 17.3 Å². The molecule has 8 nitrogen and oxygen atoms in total. The Labute approximate surface area is 206 Å². The van der Waals surface area contributed by atoms with Crippen LogP contribution in [0.1, 0.15) is 23.9 Å². The van der Waals surface area contributed by atoms with Gasteiger partial charge in [0.05, 0.1) is 23.6 Å². The lowest BCUT2D eigenvalue weighted by Crippen LogP contribution is -2.47. The van der Waals surface area contributed by atoms with E-state index >= 15 is 0 Å². The van der Waals surface area contributed by atoms with Crippen molar-refractivity contribution in [3.63, 3.8) is 0 Å². The quantitative estimate of drug-likeness (QED) is 0.593. The minimum Gasteiger partial charge on any atom is -0.381 e. The van der Waals surface area contributed by atoms with Crippen LogP contribution in [0.25, 0.3) is 11.4 Å².